The molecule has 2 nitrogen and oxygen atoms in total. The molecule has 0 saturated carbocycles. The number of pyridine rings is 1. The Kier molecular flexibility index (Phi) is 3.82. The molecular formula is C8H10BrClN2. The summed E-state index contributed by atoms with van der Waals surface area (Å²) in [6, 6.07) is 3.92. The van der Waals surface area contributed by atoms with Crippen molar-refractivity contribution in [2.24, 2.45) is 0 Å². The van der Waals surface area contributed by atoms with Crippen LogP contribution in [0.15, 0.2) is 22.8 Å². The summed E-state index contributed by atoms with van der Waals surface area (Å²) in [6.07, 6.45) is 1.78. The number of aromatic nitrogens is 1. The van der Waals surface area contributed by atoms with Crippen LogP contribution in [0.3, 0.4) is 0 Å². The van der Waals surface area contributed by atoms with Gasteiger partial charge in [0, 0.05) is 30.1 Å². The van der Waals surface area contributed by atoms with Crippen LogP contribution in [0.25, 0.3) is 0 Å². The first-order valence-corrected chi connectivity index (χ1v) is 4.95. The molecular weight excluding hydrogens is 239 g/mol. The van der Waals surface area contributed by atoms with Gasteiger partial charge in [-0.25, -0.2) is 4.98 Å². The van der Waals surface area contributed by atoms with Gasteiger partial charge in [-0.05, 0) is 28.1 Å². The molecule has 0 bridgehead atoms. The Balaban J connectivity index is 2.68. The quantitative estimate of drug-likeness (QED) is 0.765. The summed E-state index contributed by atoms with van der Waals surface area (Å²) < 4.78 is 0.991. The summed E-state index contributed by atoms with van der Waals surface area (Å²) >= 11 is 8.93. The van der Waals surface area contributed by atoms with Crippen LogP contribution in [0.4, 0.5) is 5.82 Å². The fraction of sp³-hybridized carbons (Fsp3) is 0.375. The summed E-state index contributed by atoms with van der Waals surface area (Å²) in [5.41, 5.74) is 0. The lowest BCUT2D eigenvalue weighted by molar-refractivity contribution is 0.942. The van der Waals surface area contributed by atoms with Gasteiger partial charge < -0.3 is 4.90 Å². The summed E-state index contributed by atoms with van der Waals surface area (Å²) in [5.74, 6) is 1.56. The Morgan fingerprint density at radius 2 is 2.33 bits per heavy atom. The van der Waals surface area contributed by atoms with E-state index in [0.29, 0.717) is 5.88 Å². The van der Waals surface area contributed by atoms with E-state index in [2.05, 4.69) is 20.9 Å². The smallest absolute Gasteiger partial charge is 0.128 e. The lowest BCUT2D eigenvalue weighted by atomic mass is 10.4. The largest absolute Gasteiger partial charge is 0.358 e. The highest BCUT2D eigenvalue weighted by Gasteiger charge is 1.99. The first-order valence-electron chi connectivity index (χ1n) is 3.62. The van der Waals surface area contributed by atoms with Crippen molar-refractivity contribution in [3.8, 4) is 0 Å². The Morgan fingerprint density at radius 1 is 1.58 bits per heavy atom. The van der Waals surface area contributed by atoms with Crippen LogP contribution in [-0.2, 0) is 0 Å². The second kappa shape index (κ2) is 4.67. The molecule has 1 aromatic rings. The second-order valence-corrected chi connectivity index (χ2v) is 3.74. The summed E-state index contributed by atoms with van der Waals surface area (Å²) in [5, 5.41) is 0. The van der Waals surface area contributed by atoms with Gasteiger partial charge in [0.2, 0.25) is 0 Å². The van der Waals surface area contributed by atoms with Crippen molar-refractivity contribution < 1.29 is 0 Å². The third kappa shape index (κ3) is 2.64. The highest BCUT2D eigenvalue weighted by atomic mass is 79.9. The fourth-order valence-electron chi connectivity index (χ4n) is 0.835. The molecule has 1 heterocycles. The zero-order valence-electron chi connectivity index (χ0n) is 6.80. The highest BCUT2D eigenvalue weighted by Crippen LogP contribution is 2.13. The lowest BCUT2D eigenvalue weighted by Gasteiger charge is -2.15. The number of alkyl halides is 1. The van der Waals surface area contributed by atoms with E-state index in [1.54, 1.807) is 6.20 Å². The van der Waals surface area contributed by atoms with Gasteiger partial charge in [0.15, 0.2) is 0 Å². The molecule has 0 amide bonds. The molecule has 12 heavy (non-hydrogen) atoms. The number of hydrogen-bond donors (Lipinski definition) is 0. The molecule has 0 aliphatic rings. The third-order valence-corrected chi connectivity index (χ3v) is 2.16. The van der Waals surface area contributed by atoms with Crippen LogP contribution in [0, 0.1) is 0 Å². The van der Waals surface area contributed by atoms with Crippen molar-refractivity contribution in [1.29, 1.82) is 0 Å². The SMILES string of the molecule is CN(CCCl)c1ccc(Br)cn1. The summed E-state index contributed by atoms with van der Waals surface area (Å²) in [4.78, 5) is 6.23. The Bertz CT molecular complexity index is 237. The van der Waals surface area contributed by atoms with Gasteiger partial charge in [-0.1, -0.05) is 0 Å². The van der Waals surface area contributed by atoms with Gasteiger partial charge in [-0.3, -0.25) is 0 Å². The Hall–Kier alpha value is -0.280. The third-order valence-electron chi connectivity index (χ3n) is 1.52. The standard InChI is InChI=1S/C8H10BrClN2/c1-12(5-4-10)8-3-2-7(9)6-11-8/h2-3,6H,4-5H2,1H3. The zero-order valence-corrected chi connectivity index (χ0v) is 9.14. The van der Waals surface area contributed by atoms with E-state index in [1.165, 1.54) is 0 Å². The van der Waals surface area contributed by atoms with Gasteiger partial charge in [0.25, 0.3) is 0 Å². The molecule has 66 valence electrons. The second-order valence-electron chi connectivity index (χ2n) is 2.45. The number of rotatable bonds is 3. The van der Waals surface area contributed by atoms with Crippen LogP contribution in [0.1, 0.15) is 0 Å². The van der Waals surface area contributed by atoms with Crippen LogP contribution < -0.4 is 4.90 Å². The molecule has 0 saturated heterocycles. The highest BCUT2D eigenvalue weighted by molar-refractivity contribution is 9.10. The topological polar surface area (TPSA) is 16.1 Å². The molecule has 0 aliphatic heterocycles. The van der Waals surface area contributed by atoms with E-state index in [0.717, 1.165) is 16.8 Å². The monoisotopic (exact) mass is 248 g/mol. The van der Waals surface area contributed by atoms with E-state index in [-0.39, 0.29) is 0 Å². The maximum Gasteiger partial charge on any atom is 0.128 e. The maximum absolute atomic E-state index is 5.60. The predicted molar refractivity (Wildman–Crippen MR) is 55.9 cm³/mol. The molecule has 0 aromatic carbocycles. The minimum atomic E-state index is 0.619. The minimum absolute atomic E-state index is 0.619. The van der Waals surface area contributed by atoms with Crippen LogP contribution >= 0.6 is 27.5 Å². The van der Waals surface area contributed by atoms with Crippen molar-refractivity contribution in [2.45, 2.75) is 0 Å². The number of halogens is 2. The van der Waals surface area contributed by atoms with Crippen molar-refractivity contribution in [2.75, 3.05) is 24.4 Å². The van der Waals surface area contributed by atoms with Crippen molar-refractivity contribution in [1.82, 2.24) is 4.98 Å². The predicted octanol–water partition coefficient (Wildman–Crippen LogP) is 2.52. The Morgan fingerprint density at radius 3 is 2.83 bits per heavy atom. The molecule has 0 aliphatic carbocycles. The zero-order chi connectivity index (χ0) is 8.97. The summed E-state index contributed by atoms with van der Waals surface area (Å²) in [7, 11) is 1.97. The van der Waals surface area contributed by atoms with E-state index in [4.69, 9.17) is 11.6 Å². The normalized spacial score (nSPS) is 9.92. The molecule has 0 radical (unpaired) electrons. The minimum Gasteiger partial charge on any atom is -0.358 e. The molecule has 0 unspecified atom stereocenters. The van der Waals surface area contributed by atoms with E-state index in [9.17, 15) is 0 Å². The number of anilines is 1. The van der Waals surface area contributed by atoms with E-state index in [1.807, 2.05) is 24.1 Å². The van der Waals surface area contributed by atoms with Gasteiger partial charge in [0.05, 0.1) is 0 Å². The molecule has 0 N–H and O–H groups in total. The van der Waals surface area contributed by atoms with Crippen molar-refractivity contribution in [3.63, 3.8) is 0 Å². The molecule has 0 atom stereocenters. The van der Waals surface area contributed by atoms with Crippen LogP contribution in [0.5, 0.6) is 0 Å². The van der Waals surface area contributed by atoms with Crippen LogP contribution in [-0.4, -0.2) is 24.5 Å². The van der Waals surface area contributed by atoms with Gasteiger partial charge >= 0.3 is 0 Å². The molecule has 1 rings (SSSR count). The molecule has 0 spiro atoms. The van der Waals surface area contributed by atoms with E-state index >= 15 is 0 Å². The molecule has 0 fully saturated rings. The molecule has 4 heteroatoms. The molecule has 1 aromatic heterocycles. The van der Waals surface area contributed by atoms with Crippen LogP contribution in [0.2, 0.25) is 0 Å². The van der Waals surface area contributed by atoms with Crippen molar-refractivity contribution in [3.05, 3.63) is 22.8 Å². The van der Waals surface area contributed by atoms with Crippen molar-refractivity contribution >= 4 is 33.3 Å². The van der Waals surface area contributed by atoms with E-state index < -0.39 is 0 Å². The fourth-order valence-corrected chi connectivity index (χ4v) is 1.32. The first-order chi connectivity index (χ1) is 5.74. The Labute approximate surface area is 85.7 Å². The maximum atomic E-state index is 5.60. The summed E-state index contributed by atoms with van der Waals surface area (Å²) in [6.45, 7) is 0.816. The van der Waals surface area contributed by atoms with Gasteiger partial charge in [-0.2, -0.15) is 0 Å². The van der Waals surface area contributed by atoms with Gasteiger partial charge in [0.1, 0.15) is 5.82 Å². The van der Waals surface area contributed by atoms with Gasteiger partial charge in [-0.15, -0.1) is 11.6 Å². The number of nitrogens with zero attached hydrogens (tertiary/aromatic N) is 2. The average molecular weight is 250 g/mol. The average Bonchev–Trinajstić information content (AvgIpc) is 2.06. The number of hydrogen-bond acceptors (Lipinski definition) is 2. The lowest BCUT2D eigenvalue weighted by Crippen LogP contribution is -2.20. The first kappa shape index (κ1) is 9.81.